The van der Waals surface area contributed by atoms with Gasteiger partial charge in [-0.2, -0.15) is 0 Å². The first-order valence-corrected chi connectivity index (χ1v) is 11.0. The zero-order chi connectivity index (χ0) is 21.5. The summed E-state index contributed by atoms with van der Waals surface area (Å²) in [6, 6.07) is 39.9. The van der Waals surface area contributed by atoms with Crippen molar-refractivity contribution in [3.05, 3.63) is 120 Å². The van der Waals surface area contributed by atoms with Crippen LogP contribution in [0.3, 0.4) is 0 Å². The molecule has 1 aromatic heterocycles. The topological polar surface area (TPSA) is 13.1 Å². The molecule has 0 amide bonds. The van der Waals surface area contributed by atoms with Crippen LogP contribution in [0, 0.1) is 0 Å². The number of halogens is 1. The van der Waals surface area contributed by atoms with E-state index in [0.717, 1.165) is 32.5 Å². The molecule has 6 aromatic rings. The van der Waals surface area contributed by atoms with Gasteiger partial charge in [0.05, 0.1) is 0 Å². The molecule has 0 saturated heterocycles. The van der Waals surface area contributed by atoms with Crippen molar-refractivity contribution in [1.82, 2.24) is 0 Å². The van der Waals surface area contributed by atoms with Gasteiger partial charge < -0.3 is 4.42 Å². The Morgan fingerprint density at radius 2 is 0.938 bits per heavy atom. The summed E-state index contributed by atoms with van der Waals surface area (Å²) in [5.74, 6) is 0. The molecule has 0 aliphatic rings. The Hall–Kier alpha value is -3.81. The first-order valence-electron chi connectivity index (χ1n) is 10.6. The molecule has 0 bridgehead atoms. The molecule has 2 heteroatoms. The van der Waals surface area contributed by atoms with Gasteiger partial charge in [-0.3, -0.25) is 0 Å². The maximum absolute atomic E-state index is 6.04. The minimum Gasteiger partial charge on any atom is -0.456 e. The van der Waals surface area contributed by atoms with E-state index in [1.54, 1.807) is 0 Å². The second-order valence-corrected chi connectivity index (χ2v) is 8.41. The Labute approximate surface area is 191 Å². The van der Waals surface area contributed by atoms with Crippen LogP contribution in [0.2, 0.25) is 5.02 Å². The van der Waals surface area contributed by atoms with Crippen molar-refractivity contribution >= 4 is 33.5 Å². The fraction of sp³-hybridized carbons (Fsp3) is 0. The number of rotatable bonds is 3. The number of fused-ring (bicyclic) bond motifs is 3. The highest BCUT2D eigenvalue weighted by atomic mass is 35.5. The standard InChI is InChI=1S/C30H19ClO/c31-26-15-12-22(13-16-26)24-5-3-4-23(18-24)20-8-10-21(11-9-20)25-14-17-30-28(19-25)27-6-1-2-7-29(27)32-30/h1-19H. The number of furan rings is 1. The van der Waals surface area contributed by atoms with E-state index in [2.05, 4.69) is 91.0 Å². The van der Waals surface area contributed by atoms with Crippen molar-refractivity contribution in [2.75, 3.05) is 0 Å². The summed E-state index contributed by atoms with van der Waals surface area (Å²) in [5.41, 5.74) is 8.95. The highest BCUT2D eigenvalue weighted by Crippen LogP contribution is 2.33. The summed E-state index contributed by atoms with van der Waals surface area (Å²) in [6.45, 7) is 0. The highest BCUT2D eigenvalue weighted by Gasteiger charge is 2.08. The maximum atomic E-state index is 6.04. The van der Waals surface area contributed by atoms with Crippen LogP contribution >= 0.6 is 11.6 Å². The predicted octanol–water partition coefficient (Wildman–Crippen LogP) is 9.24. The van der Waals surface area contributed by atoms with Crippen molar-refractivity contribution in [2.45, 2.75) is 0 Å². The number of benzene rings is 5. The number of hydrogen-bond donors (Lipinski definition) is 0. The van der Waals surface area contributed by atoms with E-state index < -0.39 is 0 Å². The van der Waals surface area contributed by atoms with Crippen LogP contribution in [0.15, 0.2) is 120 Å². The van der Waals surface area contributed by atoms with E-state index in [4.69, 9.17) is 16.0 Å². The van der Waals surface area contributed by atoms with Crippen molar-refractivity contribution in [1.29, 1.82) is 0 Å². The van der Waals surface area contributed by atoms with Crippen LogP contribution in [0.5, 0.6) is 0 Å². The number of para-hydroxylation sites is 1. The molecule has 0 atom stereocenters. The largest absolute Gasteiger partial charge is 0.456 e. The van der Waals surface area contributed by atoms with E-state index in [0.29, 0.717) is 0 Å². The van der Waals surface area contributed by atoms with Crippen LogP contribution in [0.4, 0.5) is 0 Å². The second-order valence-electron chi connectivity index (χ2n) is 7.97. The molecule has 1 nitrogen and oxygen atoms in total. The van der Waals surface area contributed by atoms with E-state index in [1.807, 2.05) is 24.3 Å². The lowest BCUT2D eigenvalue weighted by atomic mass is 9.97. The van der Waals surface area contributed by atoms with Gasteiger partial charge in [-0.25, -0.2) is 0 Å². The molecular formula is C30H19ClO. The summed E-state index contributed by atoms with van der Waals surface area (Å²) < 4.78 is 5.97. The summed E-state index contributed by atoms with van der Waals surface area (Å²) in [7, 11) is 0. The maximum Gasteiger partial charge on any atom is 0.135 e. The molecule has 32 heavy (non-hydrogen) atoms. The van der Waals surface area contributed by atoms with Crippen molar-refractivity contribution in [2.24, 2.45) is 0 Å². The molecule has 0 N–H and O–H groups in total. The van der Waals surface area contributed by atoms with Gasteiger partial charge in [0.15, 0.2) is 0 Å². The quantitative estimate of drug-likeness (QED) is 0.272. The molecule has 0 aliphatic heterocycles. The third-order valence-corrected chi connectivity index (χ3v) is 6.22. The molecule has 0 aliphatic carbocycles. The van der Waals surface area contributed by atoms with Crippen LogP contribution in [-0.4, -0.2) is 0 Å². The molecular weight excluding hydrogens is 412 g/mol. The van der Waals surface area contributed by atoms with Gasteiger partial charge in [-0.15, -0.1) is 0 Å². The van der Waals surface area contributed by atoms with Gasteiger partial charge in [0.2, 0.25) is 0 Å². The molecule has 6 rings (SSSR count). The molecule has 0 fully saturated rings. The molecule has 0 saturated carbocycles. The molecule has 0 radical (unpaired) electrons. The van der Waals surface area contributed by atoms with Crippen molar-refractivity contribution in [3.63, 3.8) is 0 Å². The first kappa shape index (κ1) is 18.9. The lowest BCUT2D eigenvalue weighted by molar-refractivity contribution is 0.669. The van der Waals surface area contributed by atoms with Crippen LogP contribution < -0.4 is 0 Å². The first-order chi connectivity index (χ1) is 15.7. The van der Waals surface area contributed by atoms with Gasteiger partial charge in [-0.1, -0.05) is 90.5 Å². The highest BCUT2D eigenvalue weighted by molar-refractivity contribution is 6.30. The SMILES string of the molecule is Clc1ccc(-c2cccc(-c3ccc(-c4ccc5oc6ccccc6c5c4)cc3)c2)cc1. The smallest absolute Gasteiger partial charge is 0.135 e. The zero-order valence-electron chi connectivity index (χ0n) is 17.3. The summed E-state index contributed by atoms with van der Waals surface area (Å²) in [6.07, 6.45) is 0. The lowest BCUT2D eigenvalue weighted by Crippen LogP contribution is -1.83. The van der Waals surface area contributed by atoms with Crippen LogP contribution in [0.1, 0.15) is 0 Å². The van der Waals surface area contributed by atoms with E-state index in [-0.39, 0.29) is 0 Å². The van der Waals surface area contributed by atoms with Gasteiger partial charge in [0.1, 0.15) is 11.2 Å². The average Bonchev–Trinajstić information content (AvgIpc) is 3.23. The third kappa shape index (κ3) is 3.37. The van der Waals surface area contributed by atoms with Gasteiger partial charge in [-0.05, 0) is 69.8 Å². The molecule has 0 unspecified atom stereocenters. The minimum atomic E-state index is 0.752. The fourth-order valence-electron chi connectivity index (χ4n) is 4.28. The van der Waals surface area contributed by atoms with Gasteiger partial charge >= 0.3 is 0 Å². The molecule has 0 spiro atoms. The summed E-state index contributed by atoms with van der Waals surface area (Å²) in [5, 5.41) is 3.06. The number of hydrogen-bond acceptors (Lipinski definition) is 1. The normalized spacial score (nSPS) is 11.3. The van der Waals surface area contributed by atoms with Crippen LogP contribution in [-0.2, 0) is 0 Å². The lowest BCUT2D eigenvalue weighted by Gasteiger charge is -2.08. The Kier molecular flexibility index (Phi) is 4.56. The summed E-state index contributed by atoms with van der Waals surface area (Å²) >= 11 is 6.04. The van der Waals surface area contributed by atoms with E-state index in [9.17, 15) is 0 Å². The second kappa shape index (κ2) is 7.71. The van der Waals surface area contributed by atoms with Gasteiger partial charge in [0, 0.05) is 15.8 Å². The van der Waals surface area contributed by atoms with Crippen LogP contribution in [0.25, 0.3) is 55.3 Å². The Morgan fingerprint density at radius 3 is 1.62 bits per heavy atom. The fourth-order valence-corrected chi connectivity index (χ4v) is 4.41. The molecule has 5 aromatic carbocycles. The van der Waals surface area contributed by atoms with Crippen molar-refractivity contribution < 1.29 is 4.42 Å². The Morgan fingerprint density at radius 1 is 0.406 bits per heavy atom. The van der Waals surface area contributed by atoms with Gasteiger partial charge in [0.25, 0.3) is 0 Å². The average molecular weight is 431 g/mol. The Balaban J connectivity index is 1.35. The molecule has 152 valence electrons. The zero-order valence-corrected chi connectivity index (χ0v) is 18.0. The Bertz CT molecular complexity index is 1560. The summed E-state index contributed by atoms with van der Waals surface area (Å²) in [4.78, 5) is 0. The van der Waals surface area contributed by atoms with Crippen molar-refractivity contribution in [3.8, 4) is 33.4 Å². The van der Waals surface area contributed by atoms with E-state index in [1.165, 1.54) is 27.8 Å². The predicted molar refractivity (Wildman–Crippen MR) is 135 cm³/mol. The van der Waals surface area contributed by atoms with E-state index >= 15 is 0 Å². The minimum absolute atomic E-state index is 0.752. The monoisotopic (exact) mass is 430 g/mol. The molecule has 1 heterocycles. The third-order valence-electron chi connectivity index (χ3n) is 5.97.